The molecule has 0 aliphatic carbocycles. The molecule has 1 N–H and O–H groups in total. The minimum Gasteiger partial charge on any atom is -0.325 e. The summed E-state index contributed by atoms with van der Waals surface area (Å²) in [5.41, 5.74) is 1.56. The Bertz CT molecular complexity index is 1710. The number of carbonyl (C=O) groups is 3. The normalized spacial score (nSPS) is 19.9. The first-order chi connectivity index (χ1) is 19.2. The second-order valence-corrected chi connectivity index (χ2v) is 12.7. The van der Waals surface area contributed by atoms with Crippen molar-refractivity contribution in [2.75, 3.05) is 10.2 Å². The summed E-state index contributed by atoms with van der Waals surface area (Å²) < 4.78 is 16.0. The Labute approximate surface area is 249 Å². The molecule has 6 rings (SSSR count). The van der Waals surface area contributed by atoms with Crippen molar-refractivity contribution in [2.45, 2.75) is 22.7 Å². The molecule has 0 spiro atoms. The second-order valence-electron chi connectivity index (χ2n) is 9.26. The average molecular weight is 659 g/mol. The number of nitrogens with one attached hydrogen (secondary N) is 1. The summed E-state index contributed by atoms with van der Waals surface area (Å²) in [5.74, 6) is -3.16. The predicted octanol–water partition coefficient (Wildman–Crippen LogP) is 5.90. The third-order valence-electron chi connectivity index (χ3n) is 6.79. The molecule has 3 aromatic carbocycles. The van der Waals surface area contributed by atoms with Crippen LogP contribution in [-0.4, -0.2) is 27.5 Å². The predicted molar refractivity (Wildman–Crippen MR) is 157 cm³/mol. The van der Waals surface area contributed by atoms with Gasteiger partial charge in [0.25, 0.3) is 0 Å². The van der Waals surface area contributed by atoms with Gasteiger partial charge < -0.3 is 5.32 Å². The molecule has 0 bridgehead atoms. The molecule has 40 heavy (non-hydrogen) atoms. The van der Waals surface area contributed by atoms with Crippen LogP contribution in [0.25, 0.3) is 0 Å². The molecule has 0 radical (unpaired) electrons. The van der Waals surface area contributed by atoms with E-state index < -0.39 is 40.6 Å². The first-order valence-corrected chi connectivity index (χ1v) is 14.9. The molecule has 2 aliphatic rings. The number of thioether (sulfide) groups is 1. The topological polar surface area (TPSA) is 88.5 Å². The van der Waals surface area contributed by atoms with Gasteiger partial charge >= 0.3 is 4.87 Å². The van der Waals surface area contributed by atoms with Crippen molar-refractivity contribution in [3.05, 3.63) is 108 Å². The molecule has 2 aliphatic heterocycles. The van der Waals surface area contributed by atoms with E-state index in [1.807, 2.05) is 0 Å². The fraction of sp³-hybridized carbons (Fsp3) is 0.143. The van der Waals surface area contributed by atoms with E-state index in [4.69, 9.17) is 11.6 Å². The monoisotopic (exact) mass is 657 g/mol. The maximum Gasteiger partial charge on any atom is 0.308 e. The number of carbonyl (C=O) groups excluding carboxylic acids is 3. The zero-order valence-corrected chi connectivity index (χ0v) is 24.3. The largest absolute Gasteiger partial charge is 0.325 e. The molecule has 1 aromatic heterocycles. The maximum absolute atomic E-state index is 13.8. The molecule has 202 valence electrons. The highest BCUT2D eigenvalue weighted by Gasteiger charge is 2.56. The van der Waals surface area contributed by atoms with Crippen molar-refractivity contribution in [2.24, 2.45) is 5.92 Å². The Morgan fingerprint density at radius 1 is 0.950 bits per heavy atom. The lowest BCUT2D eigenvalue weighted by atomic mass is 9.83. The van der Waals surface area contributed by atoms with E-state index in [1.165, 1.54) is 21.6 Å². The first-order valence-electron chi connectivity index (χ1n) is 12.1. The maximum atomic E-state index is 13.8. The van der Waals surface area contributed by atoms with Crippen LogP contribution in [0.15, 0.2) is 87.1 Å². The summed E-state index contributed by atoms with van der Waals surface area (Å²) in [6.45, 7) is -0.285. The van der Waals surface area contributed by atoms with Gasteiger partial charge in [-0.05, 0) is 66.2 Å². The highest BCUT2D eigenvalue weighted by atomic mass is 79.9. The minimum absolute atomic E-state index is 0.285. The highest BCUT2D eigenvalue weighted by molar-refractivity contribution is 9.10. The lowest BCUT2D eigenvalue weighted by Crippen LogP contribution is -2.33. The number of hydrogen-bond donors (Lipinski definition) is 1. The molecular formula is C28H18BrClFN3O4S2. The SMILES string of the molecule is O=C(Cn1c2c(sc1=O)[C@@H](c1ccc(F)cc1)[C@@H]1C(=O)N(c3ccc(Br)cc3)C(=O)[C@@H]1S2)Nc1ccc(Cl)cc1. The van der Waals surface area contributed by atoms with Gasteiger partial charge in [0.05, 0.1) is 16.6 Å². The van der Waals surface area contributed by atoms with E-state index in [-0.39, 0.29) is 11.4 Å². The van der Waals surface area contributed by atoms with E-state index in [1.54, 1.807) is 60.7 Å². The van der Waals surface area contributed by atoms with Gasteiger partial charge in [-0.25, -0.2) is 9.29 Å². The smallest absolute Gasteiger partial charge is 0.308 e. The van der Waals surface area contributed by atoms with Crippen LogP contribution in [0.3, 0.4) is 0 Å². The summed E-state index contributed by atoms with van der Waals surface area (Å²) in [6.07, 6.45) is 0. The molecule has 3 heterocycles. The lowest BCUT2D eigenvalue weighted by Gasteiger charge is -2.30. The van der Waals surface area contributed by atoms with E-state index in [0.29, 0.717) is 31.9 Å². The van der Waals surface area contributed by atoms with Crippen molar-refractivity contribution < 1.29 is 18.8 Å². The summed E-state index contributed by atoms with van der Waals surface area (Å²) in [7, 11) is 0. The van der Waals surface area contributed by atoms with Crippen LogP contribution < -0.4 is 15.1 Å². The van der Waals surface area contributed by atoms with Crippen molar-refractivity contribution >= 4 is 79.7 Å². The van der Waals surface area contributed by atoms with Gasteiger partial charge in [0, 0.05) is 26.0 Å². The molecule has 0 saturated carbocycles. The van der Waals surface area contributed by atoms with Gasteiger partial charge in [-0.15, -0.1) is 0 Å². The molecular weight excluding hydrogens is 641 g/mol. The molecule has 4 aromatic rings. The van der Waals surface area contributed by atoms with Crippen molar-refractivity contribution in [3.63, 3.8) is 0 Å². The molecule has 7 nitrogen and oxygen atoms in total. The van der Waals surface area contributed by atoms with Gasteiger partial charge in [-0.1, -0.05) is 62.8 Å². The fourth-order valence-corrected chi connectivity index (χ4v) is 8.17. The fourth-order valence-electron chi connectivity index (χ4n) is 5.01. The Kier molecular flexibility index (Phi) is 7.16. The highest BCUT2D eigenvalue weighted by Crippen LogP contribution is 2.53. The van der Waals surface area contributed by atoms with Gasteiger partial charge in [0.2, 0.25) is 17.7 Å². The number of thiazole rings is 1. The van der Waals surface area contributed by atoms with E-state index >= 15 is 0 Å². The summed E-state index contributed by atoms with van der Waals surface area (Å²) in [4.78, 5) is 55.0. The molecule has 3 amide bonds. The molecule has 1 fully saturated rings. The van der Waals surface area contributed by atoms with E-state index in [9.17, 15) is 23.6 Å². The van der Waals surface area contributed by atoms with Crippen LogP contribution in [0.1, 0.15) is 16.4 Å². The molecule has 0 unspecified atom stereocenters. The number of rotatable bonds is 5. The summed E-state index contributed by atoms with van der Waals surface area (Å²) >= 11 is 11.3. The zero-order chi connectivity index (χ0) is 28.1. The first kappa shape index (κ1) is 26.9. The number of fused-ring (bicyclic) bond motifs is 2. The van der Waals surface area contributed by atoms with Gasteiger partial charge in [-0.2, -0.15) is 0 Å². The number of halogens is 3. The second kappa shape index (κ2) is 10.6. The van der Waals surface area contributed by atoms with Gasteiger partial charge in [0.15, 0.2) is 0 Å². The van der Waals surface area contributed by atoms with Crippen molar-refractivity contribution in [1.29, 1.82) is 0 Å². The number of amides is 3. The third-order valence-corrected chi connectivity index (χ3v) is 10.2. The Balaban J connectivity index is 1.40. The third kappa shape index (κ3) is 4.81. The zero-order valence-electron chi connectivity index (χ0n) is 20.3. The number of imide groups is 1. The van der Waals surface area contributed by atoms with Crippen molar-refractivity contribution in [1.82, 2.24) is 4.57 Å². The molecule has 3 atom stereocenters. The van der Waals surface area contributed by atoms with E-state index in [0.717, 1.165) is 27.6 Å². The molecule has 12 heteroatoms. The van der Waals surface area contributed by atoms with Crippen LogP contribution in [0.5, 0.6) is 0 Å². The Morgan fingerprint density at radius 3 is 2.30 bits per heavy atom. The minimum atomic E-state index is -0.835. The number of nitrogens with zero attached hydrogens (tertiary/aromatic N) is 2. The number of anilines is 2. The van der Waals surface area contributed by atoms with Crippen LogP contribution in [-0.2, 0) is 20.9 Å². The lowest BCUT2D eigenvalue weighted by molar-refractivity contribution is -0.122. The number of benzene rings is 3. The van der Waals surface area contributed by atoms with Crippen molar-refractivity contribution in [3.8, 4) is 0 Å². The van der Waals surface area contributed by atoms with Gasteiger partial charge in [-0.3, -0.25) is 23.7 Å². The number of hydrogen-bond acceptors (Lipinski definition) is 6. The van der Waals surface area contributed by atoms with Crippen LogP contribution in [0.4, 0.5) is 15.8 Å². The average Bonchev–Trinajstić information content (AvgIpc) is 3.37. The Hall–Kier alpha value is -3.25. The number of aromatic nitrogens is 1. The van der Waals surface area contributed by atoms with Crippen LogP contribution in [0.2, 0.25) is 5.02 Å². The Morgan fingerprint density at radius 2 is 1.62 bits per heavy atom. The van der Waals surface area contributed by atoms with Crippen LogP contribution in [0, 0.1) is 11.7 Å². The van der Waals surface area contributed by atoms with Crippen LogP contribution >= 0.6 is 50.6 Å². The summed E-state index contributed by atoms with van der Waals surface area (Å²) in [6, 6.07) is 19.1. The quantitative estimate of drug-likeness (QED) is 0.270. The van der Waals surface area contributed by atoms with Gasteiger partial charge in [0.1, 0.15) is 17.6 Å². The van der Waals surface area contributed by atoms with E-state index in [2.05, 4.69) is 21.2 Å². The summed E-state index contributed by atoms with van der Waals surface area (Å²) in [5, 5.41) is 2.89. The standard InChI is InChI=1S/C28H18BrClFN3O4S2/c29-15-3-11-19(12-4-15)34-25(36)22-21(14-1-7-17(31)8-2-14)24-27(39-23(22)26(34)37)33(28(38)40-24)13-20(35)32-18-9-5-16(30)6-10-18/h1-12,21-23H,13H2,(H,32,35)/t21-,22-,23+/m0/s1. The molecule has 1 saturated heterocycles.